The predicted molar refractivity (Wildman–Crippen MR) is 96.0 cm³/mol. The van der Waals surface area contributed by atoms with Gasteiger partial charge in [-0.25, -0.2) is 8.42 Å². The maximum atomic E-state index is 12.7. The highest BCUT2D eigenvalue weighted by molar-refractivity contribution is 7.89. The van der Waals surface area contributed by atoms with Crippen molar-refractivity contribution in [3.8, 4) is 11.5 Å². The van der Waals surface area contributed by atoms with Gasteiger partial charge in [-0.2, -0.15) is 4.72 Å². The third-order valence-corrected chi connectivity index (χ3v) is 5.18. The lowest BCUT2D eigenvalue weighted by Crippen LogP contribution is -2.46. The zero-order chi connectivity index (χ0) is 20.0. The van der Waals surface area contributed by atoms with Gasteiger partial charge in [-0.1, -0.05) is 13.8 Å². The van der Waals surface area contributed by atoms with Crippen LogP contribution >= 0.6 is 0 Å². The molecule has 2 rings (SSSR count). The van der Waals surface area contributed by atoms with Crippen LogP contribution in [0.25, 0.3) is 0 Å². The van der Waals surface area contributed by atoms with Crippen LogP contribution in [0.4, 0.5) is 0 Å². The Balaban J connectivity index is 2.12. The summed E-state index contributed by atoms with van der Waals surface area (Å²) < 4.78 is 43.4. The SMILES string of the molecule is CCNC(=O)COC(=O)C(NS(=O)(=O)c1ccc2c(c1)OCCO2)C(C)C. The summed E-state index contributed by atoms with van der Waals surface area (Å²) in [6.45, 7) is 5.73. The molecule has 1 heterocycles. The molecule has 1 aliphatic heterocycles. The number of sulfonamides is 1. The van der Waals surface area contributed by atoms with Gasteiger partial charge in [0.2, 0.25) is 10.0 Å². The van der Waals surface area contributed by atoms with Crippen molar-refractivity contribution in [2.24, 2.45) is 5.92 Å². The number of rotatable bonds is 8. The first kappa shape index (κ1) is 21.0. The maximum Gasteiger partial charge on any atom is 0.324 e. The molecule has 27 heavy (non-hydrogen) atoms. The molecule has 0 saturated heterocycles. The maximum absolute atomic E-state index is 12.7. The van der Waals surface area contributed by atoms with Gasteiger partial charge in [0.05, 0.1) is 4.90 Å². The summed E-state index contributed by atoms with van der Waals surface area (Å²) >= 11 is 0. The van der Waals surface area contributed by atoms with E-state index < -0.39 is 40.5 Å². The van der Waals surface area contributed by atoms with Crippen LogP contribution in [0.1, 0.15) is 20.8 Å². The second-order valence-corrected chi connectivity index (χ2v) is 7.92. The monoisotopic (exact) mass is 400 g/mol. The standard InChI is InChI=1S/C17H24N2O7S/c1-4-18-15(20)10-26-17(21)16(11(2)3)19-27(22,23)12-5-6-13-14(9-12)25-8-7-24-13/h5-6,9,11,16,19H,4,7-8,10H2,1-3H3,(H,18,20). The Bertz CT molecular complexity index is 792. The van der Waals surface area contributed by atoms with Crippen LogP contribution in [0.2, 0.25) is 0 Å². The molecule has 150 valence electrons. The topological polar surface area (TPSA) is 120 Å². The number of esters is 1. The molecule has 2 N–H and O–H groups in total. The number of amides is 1. The molecule has 0 spiro atoms. The number of hydrogen-bond donors (Lipinski definition) is 2. The zero-order valence-corrected chi connectivity index (χ0v) is 16.3. The summed E-state index contributed by atoms with van der Waals surface area (Å²) in [4.78, 5) is 23.6. The first-order chi connectivity index (χ1) is 12.7. The predicted octanol–water partition coefficient (Wildman–Crippen LogP) is 0.440. The van der Waals surface area contributed by atoms with Gasteiger partial charge < -0.3 is 19.5 Å². The second kappa shape index (κ2) is 9.05. The number of benzene rings is 1. The van der Waals surface area contributed by atoms with Gasteiger partial charge in [0.25, 0.3) is 5.91 Å². The summed E-state index contributed by atoms with van der Waals surface area (Å²) in [5, 5.41) is 2.49. The van der Waals surface area contributed by atoms with E-state index in [2.05, 4.69) is 10.0 Å². The molecule has 0 saturated carbocycles. The third kappa shape index (κ3) is 5.57. The van der Waals surface area contributed by atoms with Crippen LogP contribution < -0.4 is 19.5 Å². The van der Waals surface area contributed by atoms with Gasteiger partial charge in [0.15, 0.2) is 18.1 Å². The van der Waals surface area contributed by atoms with E-state index in [0.717, 1.165) is 0 Å². The Labute approximate surface area is 158 Å². The van der Waals surface area contributed by atoms with Crippen LogP contribution in [-0.4, -0.2) is 52.7 Å². The highest BCUT2D eigenvalue weighted by Crippen LogP contribution is 2.32. The molecule has 0 bridgehead atoms. The molecule has 1 atom stereocenters. The minimum atomic E-state index is -4.02. The average Bonchev–Trinajstić information content (AvgIpc) is 2.64. The van der Waals surface area contributed by atoms with Crippen LogP contribution in [0, 0.1) is 5.92 Å². The summed E-state index contributed by atoms with van der Waals surface area (Å²) in [5.74, 6) is -0.884. The normalized spacial score (nSPS) is 14.5. The molecule has 1 aromatic carbocycles. The molecule has 0 radical (unpaired) electrons. The van der Waals surface area contributed by atoms with E-state index in [0.29, 0.717) is 31.3 Å². The largest absolute Gasteiger partial charge is 0.486 e. The number of carbonyl (C=O) groups is 2. The summed E-state index contributed by atoms with van der Waals surface area (Å²) in [6.07, 6.45) is 0. The van der Waals surface area contributed by atoms with Gasteiger partial charge in [-0.05, 0) is 25.0 Å². The quantitative estimate of drug-likeness (QED) is 0.608. The van der Waals surface area contributed by atoms with E-state index in [1.165, 1.54) is 18.2 Å². The summed E-state index contributed by atoms with van der Waals surface area (Å²) in [5.41, 5.74) is 0. The van der Waals surface area contributed by atoms with Crippen molar-refractivity contribution in [1.29, 1.82) is 0 Å². The van der Waals surface area contributed by atoms with Gasteiger partial charge in [0.1, 0.15) is 19.3 Å². The lowest BCUT2D eigenvalue weighted by atomic mass is 10.1. The summed E-state index contributed by atoms with van der Waals surface area (Å²) in [6, 6.07) is 3.07. The van der Waals surface area contributed by atoms with Crippen molar-refractivity contribution in [1.82, 2.24) is 10.0 Å². The fourth-order valence-corrected chi connectivity index (χ4v) is 3.71. The molecule has 1 aromatic rings. The minimum absolute atomic E-state index is 0.0612. The Morgan fingerprint density at radius 2 is 1.85 bits per heavy atom. The van der Waals surface area contributed by atoms with Crippen LogP contribution in [-0.2, 0) is 24.3 Å². The van der Waals surface area contributed by atoms with Gasteiger partial charge >= 0.3 is 5.97 Å². The van der Waals surface area contributed by atoms with Gasteiger partial charge in [0, 0.05) is 12.6 Å². The second-order valence-electron chi connectivity index (χ2n) is 6.21. The molecule has 0 aliphatic carbocycles. The minimum Gasteiger partial charge on any atom is -0.486 e. The first-order valence-electron chi connectivity index (χ1n) is 8.60. The van der Waals surface area contributed by atoms with Crippen molar-refractivity contribution in [2.75, 3.05) is 26.4 Å². The Hall–Kier alpha value is -2.33. The van der Waals surface area contributed by atoms with Crippen LogP contribution in [0.15, 0.2) is 23.1 Å². The highest BCUT2D eigenvalue weighted by atomic mass is 32.2. The fourth-order valence-electron chi connectivity index (χ4n) is 2.36. The van der Waals surface area contributed by atoms with Crippen LogP contribution in [0.5, 0.6) is 11.5 Å². The van der Waals surface area contributed by atoms with E-state index >= 15 is 0 Å². The lowest BCUT2D eigenvalue weighted by Gasteiger charge is -2.22. The summed E-state index contributed by atoms with van der Waals surface area (Å²) in [7, 11) is -4.02. The van der Waals surface area contributed by atoms with E-state index in [4.69, 9.17) is 14.2 Å². The van der Waals surface area contributed by atoms with Crippen LogP contribution in [0.3, 0.4) is 0 Å². The number of ether oxygens (including phenoxy) is 3. The number of fused-ring (bicyclic) bond motifs is 1. The molecule has 9 nitrogen and oxygen atoms in total. The Morgan fingerprint density at radius 1 is 1.19 bits per heavy atom. The fraction of sp³-hybridized carbons (Fsp3) is 0.529. The zero-order valence-electron chi connectivity index (χ0n) is 15.5. The molecule has 0 aromatic heterocycles. The Kier molecular flexibility index (Phi) is 7.03. The average molecular weight is 400 g/mol. The lowest BCUT2D eigenvalue weighted by molar-refractivity contribution is -0.151. The number of likely N-dealkylation sites (N-methyl/N-ethyl adjacent to an activating group) is 1. The number of hydrogen-bond acceptors (Lipinski definition) is 7. The highest BCUT2D eigenvalue weighted by Gasteiger charge is 2.30. The van der Waals surface area contributed by atoms with E-state index in [-0.39, 0.29) is 4.90 Å². The van der Waals surface area contributed by atoms with Crippen molar-refractivity contribution < 1.29 is 32.2 Å². The van der Waals surface area contributed by atoms with Crippen molar-refractivity contribution in [3.05, 3.63) is 18.2 Å². The Morgan fingerprint density at radius 3 is 2.48 bits per heavy atom. The van der Waals surface area contributed by atoms with E-state index in [1.807, 2.05) is 0 Å². The van der Waals surface area contributed by atoms with Gasteiger partial charge in [-0.3, -0.25) is 9.59 Å². The number of nitrogens with one attached hydrogen (secondary N) is 2. The first-order valence-corrected chi connectivity index (χ1v) is 10.1. The molecule has 1 amide bonds. The molecule has 0 fully saturated rings. The van der Waals surface area contributed by atoms with Crippen molar-refractivity contribution in [2.45, 2.75) is 31.7 Å². The number of carbonyl (C=O) groups excluding carboxylic acids is 2. The third-order valence-electron chi connectivity index (χ3n) is 3.75. The molecular weight excluding hydrogens is 376 g/mol. The van der Waals surface area contributed by atoms with E-state index in [9.17, 15) is 18.0 Å². The molecule has 10 heteroatoms. The molecule has 1 unspecified atom stereocenters. The van der Waals surface area contributed by atoms with Gasteiger partial charge in [-0.15, -0.1) is 0 Å². The smallest absolute Gasteiger partial charge is 0.324 e. The van der Waals surface area contributed by atoms with E-state index in [1.54, 1.807) is 20.8 Å². The molecule has 1 aliphatic rings. The van der Waals surface area contributed by atoms with Crippen molar-refractivity contribution >= 4 is 21.9 Å². The molecular formula is C17H24N2O7S. The van der Waals surface area contributed by atoms with Crippen molar-refractivity contribution in [3.63, 3.8) is 0 Å².